The van der Waals surface area contributed by atoms with E-state index >= 15 is 0 Å². The molecule has 0 aromatic heterocycles. The molecule has 22 heavy (non-hydrogen) atoms. The lowest BCUT2D eigenvalue weighted by molar-refractivity contribution is -0.165. The number of rotatable bonds is 5. The summed E-state index contributed by atoms with van der Waals surface area (Å²) >= 11 is 0. The number of hydrogen-bond acceptors (Lipinski definition) is 2. The van der Waals surface area contributed by atoms with E-state index < -0.39 is 24.7 Å². The average molecular weight is 315 g/mol. The number of methoxy groups -OCH3 is 1. The van der Waals surface area contributed by atoms with Crippen LogP contribution in [0, 0.1) is 5.92 Å². The fourth-order valence-corrected chi connectivity index (χ4v) is 2.71. The molecule has 1 amide bonds. The molecule has 1 aromatic rings. The van der Waals surface area contributed by atoms with Gasteiger partial charge in [0.25, 0.3) is 0 Å². The summed E-state index contributed by atoms with van der Waals surface area (Å²) in [6, 6.07) is 6.85. The Morgan fingerprint density at radius 2 is 2.00 bits per heavy atom. The summed E-state index contributed by atoms with van der Waals surface area (Å²) in [4.78, 5) is 13.3. The third kappa shape index (κ3) is 3.72. The molecule has 0 heterocycles. The second-order valence-electron chi connectivity index (χ2n) is 5.87. The molecule has 1 saturated carbocycles. The van der Waals surface area contributed by atoms with E-state index in [2.05, 4.69) is 0 Å². The number of hydrogen-bond donors (Lipinski definition) is 0. The van der Waals surface area contributed by atoms with Gasteiger partial charge in [0.1, 0.15) is 12.3 Å². The summed E-state index contributed by atoms with van der Waals surface area (Å²) in [5.74, 6) is -0.197. The zero-order valence-corrected chi connectivity index (χ0v) is 12.9. The van der Waals surface area contributed by atoms with Crippen LogP contribution >= 0.6 is 0 Å². The number of amides is 1. The molecular weight excluding hydrogens is 295 g/mol. The van der Waals surface area contributed by atoms with Crippen molar-refractivity contribution in [3.05, 3.63) is 29.8 Å². The number of nitrogens with zero attached hydrogens (tertiary/aromatic N) is 1. The minimum Gasteiger partial charge on any atom is -0.496 e. The topological polar surface area (TPSA) is 29.5 Å². The van der Waals surface area contributed by atoms with Crippen LogP contribution in [0.15, 0.2) is 24.3 Å². The quantitative estimate of drug-likeness (QED) is 0.831. The van der Waals surface area contributed by atoms with Crippen molar-refractivity contribution >= 4 is 5.91 Å². The summed E-state index contributed by atoms with van der Waals surface area (Å²) in [5, 5.41) is 0. The molecule has 1 aromatic carbocycles. The minimum absolute atomic E-state index is 0.0573. The standard InChI is InChI=1S/C16H20F3NO2/c1-10(2)20(9-16(17,18)19)15(21)13-8-12(13)11-6-4-5-7-14(11)22-3/h4-7,10,12-13H,8-9H2,1-3H3/t12-,13-/m1/s1. The second kappa shape index (κ2) is 6.18. The van der Waals surface area contributed by atoms with E-state index in [0.29, 0.717) is 12.2 Å². The van der Waals surface area contributed by atoms with E-state index in [1.807, 2.05) is 18.2 Å². The summed E-state index contributed by atoms with van der Waals surface area (Å²) in [7, 11) is 1.54. The Hall–Kier alpha value is -1.72. The highest BCUT2D eigenvalue weighted by Crippen LogP contribution is 2.51. The van der Waals surface area contributed by atoms with Crippen LogP contribution in [0.5, 0.6) is 5.75 Å². The summed E-state index contributed by atoms with van der Waals surface area (Å²) < 4.78 is 43.2. The molecule has 0 N–H and O–H groups in total. The highest BCUT2D eigenvalue weighted by atomic mass is 19.4. The Kier molecular flexibility index (Phi) is 4.68. The van der Waals surface area contributed by atoms with Crippen molar-refractivity contribution in [3.63, 3.8) is 0 Å². The maximum Gasteiger partial charge on any atom is 0.406 e. The van der Waals surface area contributed by atoms with E-state index in [4.69, 9.17) is 4.74 Å². The van der Waals surface area contributed by atoms with Crippen LogP contribution in [-0.4, -0.2) is 36.7 Å². The van der Waals surface area contributed by atoms with E-state index in [-0.39, 0.29) is 11.8 Å². The zero-order valence-electron chi connectivity index (χ0n) is 12.9. The number of alkyl halides is 3. The fraction of sp³-hybridized carbons (Fsp3) is 0.562. The van der Waals surface area contributed by atoms with Gasteiger partial charge in [-0.05, 0) is 37.8 Å². The van der Waals surface area contributed by atoms with Gasteiger partial charge in [0.2, 0.25) is 5.91 Å². The lowest BCUT2D eigenvalue weighted by atomic mass is 10.1. The van der Waals surface area contributed by atoms with Gasteiger partial charge < -0.3 is 9.64 Å². The molecule has 0 unspecified atom stereocenters. The van der Waals surface area contributed by atoms with E-state index in [9.17, 15) is 18.0 Å². The molecule has 2 atom stereocenters. The van der Waals surface area contributed by atoms with Crippen molar-refractivity contribution < 1.29 is 22.7 Å². The van der Waals surface area contributed by atoms with Crippen LogP contribution in [0.1, 0.15) is 31.7 Å². The number of ether oxygens (including phenoxy) is 1. The first-order chi connectivity index (χ1) is 10.2. The monoisotopic (exact) mass is 315 g/mol. The highest BCUT2D eigenvalue weighted by molar-refractivity contribution is 5.83. The average Bonchev–Trinajstić information content (AvgIpc) is 3.23. The first-order valence-corrected chi connectivity index (χ1v) is 7.24. The molecule has 1 aliphatic rings. The third-order valence-corrected chi connectivity index (χ3v) is 3.90. The molecule has 0 radical (unpaired) electrons. The van der Waals surface area contributed by atoms with E-state index in [0.717, 1.165) is 10.5 Å². The molecule has 0 spiro atoms. The van der Waals surface area contributed by atoms with E-state index in [1.54, 1.807) is 27.0 Å². The Morgan fingerprint density at radius 1 is 1.36 bits per heavy atom. The predicted molar refractivity (Wildman–Crippen MR) is 76.7 cm³/mol. The minimum atomic E-state index is -4.38. The molecule has 122 valence electrons. The molecule has 0 aliphatic heterocycles. The SMILES string of the molecule is COc1ccccc1[C@H]1C[C@H]1C(=O)N(CC(F)(F)F)C(C)C. The smallest absolute Gasteiger partial charge is 0.406 e. The zero-order chi connectivity index (χ0) is 16.5. The maximum atomic E-state index is 12.6. The lowest BCUT2D eigenvalue weighted by Crippen LogP contribution is -2.44. The van der Waals surface area contributed by atoms with Crippen LogP contribution in [0.4, 0.5) is 13.2 Å². The molecular formula is C16H20F3NO2. The lowest BCUT2D eigenvalue weighted by Gasteiger charge is -2.28. The summed E-state index contributed by atoms with van der Waals surface area (Å²) in [5.41, 5.74) is 0.888. The van der Waals surface area contributed by atoms with Crippen molar-refractivity contribution in [1.82, 2.24) is 4.90 Å². The number of halogens is 3. The highest BCUT2D eigenvalue weighted by Gasteiger charge is 2.48. The van der Waals surface area contributed by atoms with Crippen molar-refractivity contribution in [2.24, 2.45) is 5.92 Å². The van der Waals surface area contributed by atoms with Crippen molar-refractivity contribution in [2.75, 3.05) is 13.7 Å². The molecule has 1 aliphatic carbocycles. The third-order valence-electron chi connectivity index (χ3n) is 3.90. The van der Waals surface area contributed by atoms with Gasteiger partial charge >= 0.3 is 6.18 Å². The molecule has 6 heteroatoms. The van der Waals surface area contributed by atoms with Crippen molar-refractivity contribution in [1.29, 1.82) is 0 Å². The normalized spacial score (nSPS) is 20.9. The van der Waals surface area contributed by atoms with Gasteiger partial charge in [-0.2, -0.15) is 13.2 Å². The van der Waals surface area contributed by atoms with Gasteiger partial charge in [-0.1, -0.05) is 18.2 Å². The second-order valence-corrected chi connectivity index (χ2v) is 5.87. The van der Waals surface area contributed by atoms with Crippen molar-refractivity contribution in [3.8, 4) is 5.75 Å². The maximum absolute atomic E-state index is 12.6. The van der Waals surface area contributed by atoms with Gasteiger partial charge in [-0.15, -0.1) is 0 Å². The van der Waals surface area contributed by atoms with Crippen LogP contribution in [-0.2, 0) is 4.79 Å². The van der Waals surface area contributed by atoms with Gasteiger partial charge in [0.05, 0.1) is 7.11 Å². The van der Waals surface area contributed by atoms with Gasteiger partial charge in [-0.25, -0.2) is 0 Å². The molecule has 0 saturated heterocycles. The largest absolute Gasteiger partial charge is 0.496 e. The first-order valence-electron chi connectivity index (χ1n) is 7.24. The van der Waals surface area contributed by atoms with Gasteiger partial charge in [0, 0.05) is 12.0 Å². The molecule has 3 nitrogen and oxygen atoms in total. The Bertz CT molecular complexity index is 542. The Labute approximate surface area is 128 Å². The van der Waals surface area contributed by atoms with Crippen LogP contribution in [0.3, 0.4) is 0 Å². The van der Waals surface area contributed by atoms with Crippen LogP contribution in [0.2, 0.25) is 0 Å². The molecule has 0 bridgehead atoms. The van der Waals surface area contributed by atoms with Gasteiger partial charge in [-0.3, -0.25) is 4.79 Å². The molecule has 2 rings (SSSR count). The number of para-hydroxylation sites is 1. The van der Waals surface area contributed by atoms with Crippen LogP contribution in [0.25, 0.3) is 0 Å². The summed E-state index contributed by atoms with van der Waals surface area (Å²) in [6.07, 6.45) is -3.81. The van der Waals surface area contributed by atoms with Crippen LogP contribution < -0.4 is 4.74 Å². The number of carbonyl (C=O) groups is 1. The fourth-order valence-electron chi connectivity index (χ4n) is 2.71. The Balaban J connectivity index is 2.11. The number of carbonyl (C=O) groups excluding carboxylic acids is 1. The Morgan fingerprint density at radius 3 is 2.55 bits per heavy atom. The first kappa shape index (κ1) is 16.6. The summed E-state index contributed by atoms with van der Waals surface area (Å²) in [6.45, 7) is 2.01. The molecule has 1 fully saturated rings. The predicted octanol–water partition coefficient (Wildman–Crippen LogP) is 3.60. The van der Waals surface area contributed by atoms with E-state index in [1.165, 1.54) is 0 Å². The number of benzene rings is 1. The van der Waals surface area contributed by atoms with Gasteiger partial charge in [0.15, 0.2) is 0 Å². The van der Waals surface area contributed by atoms with Crippen molar-refractivity contribution in [2.45, 2.75) is 38.4 Å².